The maximum Gasteiger partial charge on any atom is 0.321 e. The summed E-state index contributed by atoms with van der Waals surface area (Å²) in [5, 5.41) is 11.0. The lowest BCUT2D eigenvalue weighted by Crippen LogP contribution is -2.44. The molecule has 1 atom stereocenters. The molecule has 2 amide bonds. The summed E-state index contributed by atoms with van der Waals surface area (Å²) >= 11 is 0. The van der Waals surface area contributed by atoms with Crippen LogP contribution < -0.4 is 21.8 Å². The molecule has 0 saturated carbocycles. The van der Waals surface area contributed by atoms with E-state index in [1.54, 1.807) is 6.20 Å². The quantitative estimate of drug-likeness (QED) is 0.495. The number of pyridine rings is 1. The van der Waals surface area contributed by atoms with Crippen LogP contribution in [0, 0.1) is 0 Å². The number of rotatable bonds is 5. The smallest absolute Gasteiger partial charge is 0.321 e. The molecule has 1 saturated heterocycles. The maximum atomic E-state index is 12.7. The minimum atomic E-state index is -0.0568. The SMILES string of the molecule is Bc1cnn2c(NCc3cccnc3)cc(C3CCN(C(=O)NC4=CCC(N)C=C4)CC3)nc12. The van der Waals surface area contributed by atoms with Crippen molar-refractivity contribution in [1.82, 2.24) is 29.8 Å². The van der Waals surface area contributed by atoms with E-state index < -0.39 is 0 Å². The minimum absolute atomic E-state index is 0.0319. The van der Waals surface area contributed by atoms with E-state index in [2.05, 4.69) is 26.8 Å². The van der Waals surface area contributed by atoms with Gasteiger partial charge in [-0.25, -0.2) is 9.78 Å². The molecule has 3 aromatic heterocycles. The van der Waals surface area contributed by atoms with Gasteiger partial charge in [0.15, 0.2) is 5.65 Å². The van der Waals surface area contributed by atoms with Gasteiger partial charge in [-0.05, 0) is 42.4 Å². The van der Waals surface area contributed by atoms with Crippen LogP contribution in [0.15, 0.2) is 60.7 Å². The molecule has 1 aliphatic heterocycles. The Morgan fingerprint density at radius 2 is 2.12 bits per heavy atom. The lowest BCUT2D eigenvalue weighted by molar-refractivity contribution is 0.184. The lowest BCUT2D eigenvalue weighted by Gasteiger charge is -2.32. The third-order valence-electron chi connectivity index (χ3n) is 6.45. The Balaban J connectivity index is 1.27. The summed E-state index contributed by atoms with van der Waals surface area (Å²) in [5.41, 5.74) is 10.7. The Morgan fingerprint density at radius 1 is 1.26 bits per heavy atom. The number of hydrogen-bond acceptors (Lipinski definition) is 6. The van der Waals surface area contributed by atoms with Crippen molar-refractivity contribution in [3.63, 3.8) is 0 Å². The van der Waals surface area contributed by atoms with Crippen molar-refractivity contribution in [2.75, 3.05) is 18.4 Å². The fourth-order valence-electron chi connectivity index (χ4n) is 4.43. The van der Waals surface area contributed by atoms with E-state index in [4.69, 9.17) is 10.7 Å². The van der Waals surface area contributed by atoms with Crippen molar-refractivity contribution >= 4 is 30.8 Å². The minimum Gasteiger partial charge on any atom is -0.366 e. The number of nitrogens with zero attached hydrogens (tertiary/aromatic N) is 5. The zero-order valence-electron chi connectivity index (χ0n) is 19.3. The van der Waals surface area contributed by atoms with Crippen molar-refractivity contribution in [2.45, 2.75) is 37.8 Å². The Morgan fingerprint density at radius 3 is 2.85 bits per heavy atom. The predicted octanol–water partition coefficient (Wildman–Crippen LogP) is 1.05. The first-order chi connectivity index (χ1) is 16.6. The second-order valence-corrected chi connectivity index (χ2v) is 8.95. The number of anilines is 1. The highest BCUT2D eigenvalue weighted by atomic mass is 16.2. The Bertz CT molecular complexity index is 1230. The van der Waals surface area contributed by atoms with Gasteiger partial charge in [-0.3, -0.25) is 4.98 Å². The highest BCUT2D eigenvalue weighted by molar-refractivity contribution is 6.36. The number of amides is 2. The van der Waals surface area contributed by atoms with Crippen LogP contribution in [0.1, 0.15) is 36.4 Å². The summed E-state index contributed by atoms with van der Waals surface area (Å²) in [5.74, 6) is 1.19. The highest BCUT2D eigenvalue weighted by Crippen LogP contribution is 2.29. The standard InChI is InChI=1S/C24H29BN8O/c25-20-15-29-33-22(28-14-16-2-1-9-27-13-16)12-21(31-23(20)33)17-7-10-32(11-8-17)24(34)30-19-5-3-18(26)4-6-19/h1-3,5-6,9,12-13,15,17-18,28H,4,7-8,10-11,14,25-26H2,(H,30,34). The van der Waals surface area contributed by atoms with Gasteiger partial charge in [0.1, 0.15) is 13.7 Å². The van der Waals surface area contributed by atoms with E-state index in [9.17, 15) is 4.79 Å². The fraction of sp³-hybridized carbons (Fsp3) is 0.333. The number of allylic oxidation sites excluding steroid dienone is 1. The molecule has 10 heteroatoms. The van der Waals surface area contributed by atoms with Crippen LogP contribution in [0.25, 0.3) is 5.65 Å². The molecule has 1 aliphatic carbocycles. The van der Waals surface area contributed by atoms with Gasteiger partial charge in [0.05, 0.1) is 0 Å². The van der Waals surface area contributed by atoms with Crippen molar-refractivity contribution in [1.29, 1.82) is 0 Å². The molecular formula is C24H29BN8O. The van der Waals surface area contributed by atoms with Crippen molar-refractivity contribution in [3.05, 3.63) is 72.0 Å². The molecule has 1 unspecified atom stereocenters. The molecule has 3 aromatic rings. The average Bonchev–Trinajstić information content (AvgIpc) is 3.25. The van der Waals surface area contributed by atoms with Crippen molar-refractivity contribution < 1.29 is 4.79 Å². The van der Waals surface area contributed by atoms with E-state index in [0.29, 0.717) is 19.6 Å². The summed E-state index contributed by atoms with van der Waals surface area (Å²) in [7, 11) is 2.03. The Labute approximate surface area is 199 Å². The summed E-state index contributed by atoms with van der Waals surface area (Å²) in [6, 6.07) is 6.05. The maximum absolute atomic E-state index is 12.7. The van der Waals surface area contributed by atoms with Crippen LogP contribution in [-0.2, 0) is 6.54 Å². The normalized spacial score (nSPS) is 18.7. The summed E-state index contributed by atoms with van der Waals surface area (Å²) in [6.07, 6.45) is 13.7. The van der Waals surface area contributed by atoms with Crippen LogP contribution in [0.5, 0.6) is 0 Å². The van der Waals surface area contributed by atoms with Gasteiger partial charge in [-0.1, -0.05) is 18.2 Å². The molecule has 4 heterocycles. The number of nitrogens with two attached hydrogens (primary N) is 1. The van der Waals surface area contributed by atoms with E-state index >= 15 is 0 Å². The first kappa shape index (κ1) is 22.2. The van der Waals surface area contributed by atoms with Gasteiger partial charge < -0.3 is 21.3 Å². The third-order valence-corrected chi connectivity index (χ3v) is 6.45. The molecule has 0 spiro atoms. The fourth-order valence-corrected chi connectivity index (χ4v) is 4.43. The number of urea groups is 1. The molecule has 4 N–H and O–H groups in total. The summed E-state index contributed by atoms with van der Waals surface area (Å²) in [4.78, 5) is 23.7. The predicted molar refractivity (Wildman–Crippen MR) is 135 cm³/mol. The van der Waals surface area contributed by atoms with Crippen LogP contribution >= 0.6 is 0 Å². The van der Waals surface area contributed by atoms with Crippen molar-refractivity contribution in [2.24, 2.45) is 5.73 Å². The number of carbonyl (C=O) groups is 1. The molecule has 0 radical (unpaired) electrons. The number of carbonyl (C=O) groups excluding carboxylic acids is 1. The molecule has 174 valence electrons. The highest BCUT2D eigenvalue weighted by Gasteiger charge is 2.26. The van der Waals surface area contributed by atoms with Crippen LogP contribution in [0.2, 0.25) is 0 Å². The van der Waals surface area contributed by atoms with E-state index in [-0.39, 0.29) is 18.0 Å². The average molecular weight is 456 g/mol. The van der Waals surface area contributed by atoms with Crippen LogP contribution in [-0.4, -0.2) is 57.5 Å². The van der Waals surface area contributed by atoms with E-state index in [1.165, 1.54) is 0 Å². The number of piperidine rings is 1. The lowest BCUT2D eigenvalue weighted by atomic mass is 9.93. The zero-order valence-corrected chi connectivity index (χ0v) is 19.3. The molecule has 5 rings (SSSR count). The van der Waals surface area contributed by atoms with Gasteiger partial charge >= 0.3 is 6.03 Å². The third kappa shape index (κ3) is 4.82. The van der Waals surface area contributed by atoms with Gasteiger partial charge in [-0.2, -0.15) is 9.61 Å². The number of aromatic nitrogens is 4. The largest absolute Gasteiger partial charge is 0.366 e. The van der Waals surface area contributed by atoms with Gasteiger partial charge in [0.25, 0.3) is 0 Å². The van der Waals surface area contributed by atoms with E-state index in [1.807, 2.05) is 60.0 Å². The van der Waals surface area contributed by atoms with E-state index in [0.717, 1.165) is 53.1 Å². The van der Waals surface area contributed by atoms with Crippen molar-refractivity contribution in [3.8, 4) is 0 Å². The monoisotopic (exact) mass is 456 g/mol. The summed E-state index contributed by atoms with van der Waals surface area (Å²) < 4.78 is 1.86. The molecular weight excluding hydrogens is 427 g/mol. The topological polar surface area (TPSA) is 113 Å². The molecule has 0 bridgehead atoms. The second kappa shape index (κ2) is 9.68. The Kier molecular flexibility index (Phi) is 6.31. The Hall–Kier alpha value is -3.66. The number of nitrogens with one attached hydrogen (secondary N) is 2. The number of fused-ring (bicyclic) bond motifs is 1. The van der Waals surface area contributed by atoms with Crippen LogP contribution in [0.4, 0.5) is 10.6 Å². The molecule has 9 nitrogen and oxygen atoms in total. The summed E-state index contributed by atoms with van der Waals surface area (Å²) in [6.45, 7) is 2.03. The molecule has 0 aromatic carbocycles. The van der Waals surface area contributed by atoms with Gasteiger partial charge in [0, 0.05) is 67.6 Å². The number of hydrogen-bond donors (Lipinski definition) is 3. The van der Waals surface area contributed by atoms with Gasteiger partial charge in [-0.15, -0.1) is 0 Å². The molecule has 34 heavy (non-hydrogen) atoms. The zero-order chi connectivity index (χ0) is 23.5. The van der Waals surface area contributed by atoms with Crippen LogP contribution in [0.3, 0.4) is 0 Å². The molecule has 2 aliphatic rings. The van der Waals surface area contributed by atoms with Gasteiger partial charge in [0.2, 0.25) is 0 Å². The second-order valence-electron chi connectivity index (χ2n) is 8.95. The number of likely N-dealkylation sites (tertiary alicyclic amines) is 1. The first-order valence-electron chi connectivity index (χ1n) is 11.7. The first-order valence-corrected chi connectivity index (χ1v) is 11.7. The molecule has 1 fully saturated rings.